The quantitative estimate of drug-likeness (QED) is 0.698. The summed E-state index contributed by atoms with van der Waals surface area (Å²) in [5.74, 6) is 0.296. The molecule has 2 heteroatoms. The van der Waals surface area contributed by atoms with Gasteiger partial charge in [0.05, 0.1) is 0 Å². The van der Waals surface area contributed by atoms with Crippen LogP contribution in [0.3, 0.4) is 0 Å². The Hall–Kier alpha value is -0.760. The zero-order valence-corrected chi connectivity index (χ0v) is 9.18. The molecule has 14 heavy (non-hydrogen) atoms. The van der Waals surface area contributed by atoms with Crippen LogP contribution in [0.15, 0.2) is 18.2 Å². The van der Waals surface area contributed by atoms with Gasteiger partial charge in [-0.1, -0.05) is 18.2 Å². The summed E-state index contributed by atoms with van der Waals surface area (Å²) in [7, 11) is 0. The van der Waals surface area contributed by atoms with Crippen LogP contribution in [0.1, 0.15) is 46.5 Å². The van der Waals surface area contributed by atoms with E-state index < -0.39 is 0 Å². The largest absolute Gasteiger partial charge is 0.294 e. The van der Waals surface area contributed by atoms with Gasteiger partial charge in [-0.2, -0.15) is 12.6 Å². The van der Waals surface area contributed by atoms with E-state index in [0.29, 0.717) is 12.2 Å². The van der Waals surface area contributed by atoms with Crippen molar-refractivity contribution in [1.82, 2.24) is 0 Å². The zero-order valence-electron chi connectivity index (χ0n) is 8.29. The molecule has 1 aromatic carbocycles. The predicted molar refractivity (Wildman–Crippen MR) is 61.1 cm³/mol. The van der Waals surface area contributed by atoms with Crippen molar-refractivity contribution >= 4 is 18.4 Å². The summed E-state index contributed by atoms with van der Waals surface area (Å²) in [5, 5.41) is 0.248. The third kappa shape index (κ3) is 1.71. The molecule has 1 aliphatic rings. The number of Topliss-reactive ketones (excluding diaryl/α,β-unsaturated/α-hetero) is 1. The summed E-state index contributed by atoms with van der Waals surface area (Å²) >= 11 is 4.39. The zero-order chi connectivity index (χ0) is 10.1. The van der Waals surface area contributed by atoms with Crippen molar-refractivity contribution in [2.45, 2.75) is 31.4 Å². The van der Waals surface area contributed by atoms with Crippen LogP contribution in [-0.4, -0.2) is 5.78 Å². The maximum absolute atomic E-state index is 11.5. The molecule has 1 nitrogen and oxygen atoms in total. The summed E-state index contributed by atoms with van der Waals surface area (Å²) in [6.07, 6.45) is 2.74. The molecule has 1 aromatic rings. The number of carbonyl (C=O) groups is 1. The van der Waals surface area contributed by atoms with Crippen molar-refractivity contribution in [3.63, 3.8) is 0 Å². The molecular formula is C12H14OS. The van der Waals surface area contributed by atoms with E-state index in [1.807, 2.05) is 12.1 Å². The minimum absolute atomic E-state index is 0.248. The lowest BCUT2D eigenvalue weighted by molar-refractivity contribution is 0.0972. The number of fused-ring (bicyclic) bond motifs is 1. The molecule has 0 aliphatic heterocycles. The van der Waals surface area contributed by atoms with Crippen LogP contribution in [0.5, 0.6) is 0 Å². The van der Waals surface area contributed by atoms with Gasteiger partial charge in [-0.05, 0) is 30.9 Å². The van der Waals surface area contributed by atoms with E-state index in [1.165, 1.54) is 11.1 Å². The smallest absolute Gasteiger partial charge is 0.163 e. The number of rotatable bonds is 1. The standard InChI is InChI=1S/C12H14OS/c1-8(14)9-5-6-11-10(7-9)3-2-4-12(11)13/h5-8,14H,2-4H2,1H3. The van der Waals surface area contributed by atoms with Gasteiger partial charge >= 0.3 is 0 Å². The normalized spacial score (nSPS) is 17.7. The molecule has 0 fully saturated rings. The molecule has 1 aliphatic carbocycles. The number of thiol groups is 1. The Labute approximate surface area is 89.9 Å². The summed E-state index contributed by atoms with van der Waals surface area (Å²) in [5.41, 5.74) is 3.34. The average molecular weight is 206 g/mol. The Balaban J connectivity index is 2.44. The molecule has 0 aromatic heterocycles. The summed E-state index contributed by atoms with van der Waals surface area (Å²) in [4.78, 5) is 11.5. The van der Waals surface area contributed by atoms with Crippen LogP contribution in [-0.2, 0) is 6.42 Å². The Morgan fingerprint density at radius 2 is 2.14 bits per heavy atom. The van der Waals surface area contributed by atoms with Crippen molar-refractivity contribution in [1.29, 1.82) is 0 Å². The second-order valence-corrected chi connectivity index (χ2v) is 4.64. The van der Waals surface area contributed by atoms with Gasteiger partial charge in [0.2, 0.25) is 0 Å². The first-order valence-electron chi connectivity index (χ1n) is 5.02. The van der Waals surface area contributed by atoms with Crippen LogP contribution in [0.4, 0.5) is 0 Å². The highest BCUT2D eigenvalue weighted by atomic mass is 32.1. The highest BCUT2D eigenvalue weighted by molar-refractivity contribution is 7.80. The molecule has 0 bridgehead atoms. The molecule has 2 rings (SSSR count). The summed E-state index contributed by atoms with van der Waals surface area (Å²) in [6, 6.07) is 6.10. The van der Waals surface area contributed by atoms with Gasteiger partial charge in [0, 0.05) is 17.2 Å². The lowest BCUT2D eigenvalue weighted by Gasteiger charge is -2.16. The van der Waals surface area contributed by atoms with E-state index in [0.717, 1.165) is 18.4 Å². The van der Waals surface area contributed by atoms with Gasteiger partial charge in [0.15, 0.2) is 5.78 Å². The van der Waals surface area contributed by atoms with E-state index in [-0.39, 0.29) is 5.25 Å². The fourth-order valence-electron chi connectivity index (χ4n) is 1.93. The van der Waals surface area contributed by atoms with E-state index in [4.69, 9.17) is 0 Å². The first kappa shape index (κ1) is 9.78. The topological polar surface area (TPSA) is 17.1 Å². The lowest BCUT2D eigenvalue weighted by Crippen LogP contribution is -2.10. The third-order valence-corrected chi connectivity index (χ3v) is 3.06. The molecule has 0 amide bonds. The average Bonchev–Trinajstić information content (AvgIpc) is 2.17. The van der Waals surface area contributed by atoms with Crippen molar-refractivity contribution in [3.05, 3.63) is 34.9 Å². The number of hydrogen-bond acceptors (Lipinski definition) is 2. The van der Waals surface area contributed by atoms with Crippen molar-refractivity contribution in [3.8, 4) is 0 Å². The van der Waals surface area contributed by atoms with E-state index in [1.54, 1.807) is 0 Å². The molecule has 0 saturated heterocycles. The van der Waals surface area contributed by atoms with Crippen molar-refractivity contribution in [2.75, 3.05) is 0 Å². The number of aryl methyl sites for hydroxylation is 1. The van der Waals surface area contributed by atoms with E-state index in [2.05, 4.69) is 25.6 Å². The highest BCUT2D eigenvalue weighted by Crippen LogP contribution is 2.26. The lowest BCUT2D eigenvalue weighted by atomic mass is 9.89. The second kappa shape index (κ2) is 3.77. The highest BCUT2D eigenvalue weighted by Gasteiger charge is 2.17. The Morgan fingerprint density at radius 3 is 2.86 bits per heavy atom. The molecular weight excluding hydrogens is 192 g/mol. The molecule has 0 N–H and O–H groups in total. The van der Waals surface area contributed by atoms with Gasteiger partial charge in [-0.15, -0.1) is 0 Å². The van der Waals surface area contributed by atoms with Crippen LogP contribution >= 0.6 is 12.6 Å². The first-order valence-corrected chi connectivity index (χ1v) is 5.54. The van der Waals surface area contributed by atoms with Crippen molar-refractivity contribution in [2.24, 2.45) is 0 Å². The van der Waals surface area contributed by atoms with Gasteiger partial charge in [0.1, 0.15) is 0 Å². The number of benzene rings is 1. The van der Waals surface area contributed by atoms with Crippen LogP contribution in [0.2, 0.25) is 0 Å². The van der Waals surface area contributed by atoms with Crippen molar-refractivity contribution < 1.29 is 4.79 Å². The molecule has 1 unspecified atom stereocenters. The Morgan fingerprint density at radius 1 is 1.36 bits per heavy atom. The minimum atomic E-state index is 0.248. The van der Waals surface area contributed by atoms with Crippen LogP contribution < -0.4 is 0 Å². The number of hydrogen-bond donors (Lipinski definition) is 1. The Kier molecular flexibility index (Phi) is 2.64. The monoisotopic (exact) mass is 206 g/mol. The van der Waals surface area contributed by atoms with Crippen LogP contribution in [0.25, 0.3) is 0 Å². The maximum Gasteiger partial charge on any atom is 0.163 e. The second-order valence-electron chi connectivity index (χ2n) is 3.87. The van der Waals surface area contributed by atoms with Gasteiger partial charge in [-0.25, -0.2) is 0 Å². The fraction of sp³-hybridized carbons (Fsp3) is 0.417. The molecule has 0 saturated carbocycles. The van der Waals surface area contributed by atoms with Gasteiger partial charge < -0.3 is 0 Å². The van der Waals surface area contributed by atoms with Gasteiger partial charge in [0.25, 0.3) is 0 Å². The minimum Gasteiger partial charge on any atom is -0.294 e. The SMILES string of the molecule is CC(S)c1ccc2c(c1)CCCC2=O. The van der Waals surface area contributed by atoms with E-state index in [9.17, 15) is 4.79 Å². The molecule has 0 spiro atoms. The van der Waals surface area contributed by atoms with E-state index >= 15 is 0 Å². The number of carbonyl (C=O) groups excluding carboxylic acids is 1. The summed E-state index contributed by atoms with van der Waals surface area (Å²) < 4.78 is 0. The van der Waals surface area contributed by atoms with Gasteiger partial charge in [-0.3, -0.25) is 4.79 Å². The van der Waals surface area contributed by atoms with Crippen LogP contribution in [0, 0.1) is 0 Å². The maximum atomic E-state index is 11.5. The third-order valence-electron chi connectivity index (χ3n) is 2.76. The fourth-order valence-corrected chi connectivity index (χ4v) is 2.09. The number of ketones is 1. The predicted octanol–water partition coefficient (Wildman–Crippen LogP) is 3.20. The molecule has 0 radical (unpaired) electrons. The molecule has 0 heterocycles. The molecule has 74 valence electrons. The summed E-state index contributed by atoms with van der Waals surface area (Å²) in [6.45, 7) is 2.05. The first-order chi connectivity index (χ1) is 6.68. The molecule has 1 atom stereocenters. The Bertz CT molecular complexity index is 369.